The molecule has 0 unspecified atom stereocenters. The molecule has 0 saturated heterocycles. The van der Waals surface area contributed by atoms with Gasteiger partial charge in [0.25, 0.3) is 0 Å². The molecule has 0 radical (unpaired) electrons. The standard InChI is InChI=1S/C22H25BrO2/c23-14-3-1-2-11-20-19(17-9-4-10-18(24)15-17)12-5-7-16-8-6-13-21(25)22(16)20/h4,6,8-10,13,15,24-25H,1-3,5,7,11-12,14H2. The SMILES string of the molecule is Oc1cccc(C2=C(CCCCCBr)c3c(O)cccc3CCC2)c1. The lowest BCUT2D eigenvalue weighted by Crippen LogP contribution is -1.95. The third-order valence-electron chi connectivity index (χ3n) is 4.92. The zero-order valence-corrected chi connectivity index (χ0v) is 16.1. The van der Waals surface area contributed by atoms with E-state index in [1.165, 1.54) is 29.6 Å². The van der Waals surface area contributed by atoms with Crippen LogP contribution in [-0.4, -0.2) is 15.5 Å². The second-order valence-corrected chi connectivity index (χ2v) is 7.46. The highest BCUT2D eigenvalue weighted by atomic mass is 79.9. The second kappa shape index (κ2) is 8.57. The third kappa shape index (κ3) is 4.27. The Morgan fingerprint density at radius 2 is 1.76 bits per heavy atom. The van der Waals surface area contributed by atoms with Crippen molar-refractivity contribution in [3.63, 3.8) is 0 Å². The first kappa shape index (κ1) is 18.1. The molecule has 2 aromatic carbocycles. The smallest absolute Gasteiger partial charge is 0.123 e. The highest BCUT2D eigenvalue weighted by Crippen LogP contribution is 2.42. The van der Waals surface area contributed by atoms with Gasteiger partial charge in [-0.05, 0) is 79.0 Å². The molecule has 25 heavy (non-hydrogen) atoms. The van der Waals surface area contributed by atoms with Gasteiger partial charge in [0.05, 0.1) is 0 Å². The maximum Gasteiger partial charge on any atom is 0.123 e. The average molecular weight is 401 g/mol. The number of phenols is 2. The van der Waals surface area contributed by atoms with Gasteiger partial charge in [-0.1, -0.05) is 46.6 Å². The number of unbranched alkanes of at least 4 members (excludes halogenated alkanes) is 2. The zero-order valence-electron chi connectivity index (χ0n) is 14.5. The minimum atomic E-state index is 0.297. The minimum Gasteiger partial charge on any atom is -0.508 e. The van der Waals surface area contributed by atoms with Crippen LogP contribution in [0.5, 0.6) is 11.5 Å². The van der Waals surface area contributed by atoms with Gasteiger partial charge in [-0.3, -0.25) is 0 Å². The summed E-state index contributed by atoms with van der Waals surface area (Å²) >= 11 is 3.50. The fourth-order valence-corrected chi connectivity index (χ4v) is 4.16. The summed E-state index contributed by atoms with van der Waals surface area (Å²) < 4.78 is 0. The first-order chi connectivity index (χ1) is 12.2. The Labute approximate surface area is 158 Å². The van der Waals surface area contributed by atoms with E-state index in [1.54, 1.807) is 12.1 Å². The molecule has 3 rings (SSSR count). The third-order valence-corrected chi connectivity index (χ3v) is 5.48. The highest BCUT2D eigenvalue weighted by Gasteiger charge is 2.21. The molecule has 2 N–H and O–H groups in total. The molecule has 0 heterocycles. The summed E-state index contributed by atoms with van der Waals surface area (Å²) in [7, 11) is 0. The quantitative estimate of drug-likeness (QED) is 0.441. The number of rotatable bonds is 6. The van der Waals surface area contributed by atoms with Crippen LogP contribution < -0.4 is 0 Å². The molecule has 2 aromatic rings. The number of halogens is 1. The van der Waals surface area contributed by atoms with Crippen LogP contribution in [0, 0.1) is 0 Å². The molecule has 132 valence electrons. The van der Waals surface area contributed by atoms with Crippen molar-refractivity contribution < 1.29 is 10.2 Å². The Bertz CT molecular complexity index is 764. The average Bonchev–Trinajstić information content (AvgIpc) is 2.79. The molecule has 0 aliphatic heterocycles. The lowest BCUT2D eigenvalue weighted by atomic mass is 9.88. The van der Waals surface area contributed by atoms with Gasteiger partial charge >= 0.3 is 0 Å². The molecule has 1 aliphatic carbocycles. The lowest BCUT2D eigenvalue weighted by Gasteiger charge is -2.17. The fraction of sp³-hybridized carbons (Fsp3) is 0.364. The Morgan fingerprint density at radius 3 is 2.56 bits per heavy atom. The number of aromatic hydroxyl groups is 2. The van der Waals surface area contributed by atoms with Crippen molar-refractivity contribution in [3.8, 4) is 11.5 Å². The normalized spacial score (nSPS) is 14.3. The Balaban J connectivity index is 2.08. The molecule has 2 nitrogen and oxygen atoms in total. The Kier molecular flexibility index (Phi) is 6.19. The van der Waals surface area contributed by atoms with Crippen LogP contribution in [0.25, 0.3) is 11.1 Å². The van der Waals surface area contributed by atoms with Crippen LogP contribution in [0.15, 0.2) is 42.5 Å². The monoisotopic (exact) mass is 400 g/mol. The van der Waals surface area contributed by atoms with Gasteiger partial charge in [-0.15, -0.1) is 0 Å². The summed E-state index contributed by atoms with van der Waals surface area (Å²) in [6, 6.07) is 13.4. The number of phenolic OH excluding ortho intramolecular Hbond substituents is 2. The van der Waals surface area contributed by atoms with E-state index in [-0.39, 0.29) is 0 Å². The second-order valence-electron chi connectivity index (χ2n) is 6.67. The number of hydrogen-bond acceptors (Lipinski definition) is 2. The van der Waals surface area contributed by atoms with E-state index in [2.05, 4.69) is 28.1 Å². The molecular formula is C22H25BrO2. The predicted molar refractivity (Wildman–Crippen MR) is 108 cm³/mol. The number of alkyl halides is 1. The van der Waals surface area contributed by atoms with Gasteiger partial charge in [-0.25, -0.2) is 0 Å². The van der Waals surface area contributed by atoms with E-state index in [9.17, 15) is 10.2 Å². The van der Waals surface area contributed by atoms with Crippen molar-refractivity contribution >= 4 is 27.1 Å². The molecule has 0 atom stereocenters. The maximum absolute atomic E-state index is 10.6. The molecular weight excluding hydrogens is 376 g/mol. The van der Waals surface area contributed by atoms with E-state index in [1.807, 2.05) is 18.2 Å². The first-order valence-corrected chi connectivity index (χ1v) is 10.2. The van der Waals surface area contributed by atoms with Crippen molar-refractivity contribution in [3.05, 3.63) is 59.2 Å². The van der Waals surface area contributed by atoms with E-state index >= 15 is 0 Å². The van der Waals surface area contributed by atoms with Gasteiger partial charge in [0.2, 0.25) is 0 Å². The molecule has 0 aromatic heterocycles. The predicted octanol–water partition coefficient (Wildman–Crippen LogP) is 6.30. The molecule has 1 aliphatic rings. The molecule has 3 heteroatoms. The van der Waals surface area contributed by atoms with E-state index in [0.717, 1.165) is 48.6 Å². The van der Waals surface area contributed by atoms with Crippen molar-refractivity contribution in [1.29, 1.82) is 0 Å². The number of allylic oxidation sites excluding steroid dienone is 2. The molecule has 0 amide bonds. The summed E-state index contributed by atoms with van der Waals surface area (Å²) in [5, 5.41) is 21.5. The Hall–Kier alpha value is -1.74. The maximum atomic E-state index is 10.6. The first-order valence-electron chi connectivity index (χ1n) is 9.09. The summed E-state index contributed by atoms with van der Waals surface area (Å²) in [5.74, 6) is 0.679. The van der Waals surface area contributed by atoms with E-state index in [0.29, 0.717) is 11.5 Å². The van der Waals surface area contributed by atoms with Gasteiger partial charge in [-0.2, -0.15) is 0 Å². The topological polar surface area (TPSA) is 40.5 Å². The van der Waals surface area contributed by atoms with Gasteiger partial charge in [0.15, 0.2) is 0 Å². The van der Waals surface area contributed by atoms with Gasteiger partial charge in [0, 0.05) is 10.9 Å². The van der Waals surface area contributed by atoms with Crippen molar-refractivity contribution in [2.75, 3.05) is 5.33 Å². The van der Waals surface area contributed by atoms with E-state index < -0.39 is 0 Å². The van der Waals surface area contributed by atoms with Gasteiger partial charge < -0.3 is 10.2 Å². The summed E-state index contributed by atoms with van der Waals surface area (Å²) in [5.41, 5.74) is 5.87. The number of aryl methyl sites for hydroxylation is 1. The fourth-order valence-electron chi connectivity index (χ4n) is 3.76. The summed E-state index contributed by atoms with van der Waals surface area (Å²) in [6.45, 7) is 0. The molecule has 0 spiro atoms. The minimum absolute atomic E-state index is 0.297. The summed E-state index contributed by atoms with van der Waals surface area (Å²) in [4.78, 5) is 0. The van der Waals surface area contributed by atoms with Gasteiger partial charge in [0.1, 0.15) is 11.5 Å². The van der Waals surface area contributed by atoms with Crippen LogP contribution in [-0.2, 0) is 6.42 Å². The van der Waals surface area contributed by atoms with Crippen molar-refractivity contribution in [2.45, 2.75) is 44.9 Å². The molecule has 0 fully saturated rings. The van der Waals surface area contributed by atoms with E-state index in [4.69, 9.17) is 0 Å². The van der Waals surface area contributed by atoms with Crippen LogP contribution in [0.4, 0.5) is 0 Å². The largest absolute Gasteiger partial charge is 0.508 e. The summed E-state index contributed by atoms with van der Waals surface area (Å²) in [6.07, 6.45) is 7.43. The van der Waals surface area contributed by atoms with Crippen LogP contribution in [0.3, 0.4) is 0 Å². The van der Waals surface area contributed by atoms with Crippen LogP contribution in [0.2, 0.25) is 0 Å². The number of hydrogen-bond donors (Lipinski definition) is 2. The molecule has 0 bridgehead atoms. The Morgan fingerprint density at radius 1 is 0.920 bits per heavy atom. The number of benzene rings is 2. The number of fused-ring (bicyclic) bond motifs is 1. The van der Waals surface area contributed by atoms with Crippen molar-refractivity contribution in [2.24, 2.45) is 0 Å². The lowest BCUT2D eigenvalue weighted by molar-refractivity contribution is 0.472. The highest BCUT2D eigenvalue weighted by molar-refractivity contribution is 9.09. The zero-order chi connectivity index (χ0) is 17.6. The van der Waals surface area contributed by atoms with Crippen LogP contribution in [0.1, 0.15) is 55.2 Å². The van der Waals surface area contributed by atoms with Crippen LogP contribution >= 0.6 is 15.9 Å². The van der Waals surface area contributed by atoms with Crippen molar-refractivity contribution in [1.82, 2.24) is 0 Å². The molecule has 0 saturated carbocycles.